The van der Waals surface area contributed by atoms with E-state index in [2.05, 4.69) is 65.4 Å². The Balaban J connectivity index is 1.37. The molecule has 2 aliphatic carbocycles. The van der Waals surface area contributed by atoms with Crippen LogP contribution in [0.4, 0.5) is 4.79 Å². The Hall–Kier alpha value is -2.11. The van der Waals surface area contributed by atoms with Crippen LogP contribution in [0.15, 0.2) is 48.6 Å². The molecule has 2 aliphatic heterocycles. The van der Waals surface area contributed by atoms with Gasteiger partial charge in [-0.15, -0.1) is 0 Å². The van der Waals surface area contributed by atoms with E-state index in [1.165, 1.54) is 30.4 Å². The van der Waals surface area contributed by atoms with Crippen molar-refractivity contribution in [2.24, 2.45) is 5.41 Å². The Morgan fingerprint density at radius 1 is 0.969 bits per heavy atom. The number of piperazine rings is 1. The predicted molar refractivity (Wildman–Crippen MR) is 128 cm³/mol. The highest BCUT2D eigenvalue weighted by Gasteiger charge is 2.48. The first-order valence-electron chi connectivity index (χ1n) is 12.4. The standard InChI is InChI=1S/C27H37N3O2/c1-28-15-17-29(18-16-28)20-26(12-8-11-24(19-26)23-9-4-2-5-10-23)21-30-22-27(32-25(30)31)13-6-3-7-14-27/h2,4-5,8-12H,3,6-7,13-22H2,1H3. The van der Waals surface area contributed by atoms with Crippen molar-refractivity contribution in [1.82, 2.24) is 14.7 Å². The second-order valence-corrected chi connectivity index (χ2v) is 10.5. The van der Waals surface area contributed by atoms with Crippen LogP contribution in [-0.2, 0) is 4.74 Å². The first-order valence-corrected chi connectivity index (χ1v) is 12.4. The first-order chi connectivity index (χ1) is 15.5. The van der Waals surface area contributed by atoms with E-state index in [0.717, 1.165) is 65.1 Å². The van der Waals surface area contributed by atoms with Crippen LogP contribution in [0.1, 0.15) is 44.1 Å². The molecule has 5 rings (SSSR count). The predicted octanol–water partition coefficient (Wildman–Crippen LogP) is 4.42. The maximum atomic E-state index is 13.0. The highest BCUT2D eigenvalue weighted by atomic mass is 16.6. The molecule has 32 heavy (non-hydrogen) atoms. The van der Waals surface area contributed by atoms with Gasteiger partial charge in [0.2, 0.25) is 0 Å². The van der Waals surface area contributed by atoms with Crippen molar-refractivity contribution in [2.75, 3.05) is 52.9 Å². The minimum atomic E-state index is -0.235. The molecular formula is C27H37N3O2. The van der Waals surface area contributed by atoms with Gasteiger partial charge in [-0.05, 0) is 50.3 Å². The molecule has 1 unspecified atom stereocenters. The number of benzene rings is 1. The van der Waals surface area contributed by atoms with Crippen LogP contribution in [-0.4, -0.2) is 79.3 Å². The fraction of sp³-hybridized carbons (Fsp3) is 0.593. The molecule has 172 valence electrons. The Bertz CT molecular complexity index is 866. The molecule has 1 atom stereocenters. The zero-order valence-corrected chi connectivity index (χ0v) is 19.5. The highest BCUT2D eigenvalue weighted by molar-refractivity contribution is 5.72. The van der Waals surface area contributed by atoms with Crippen LogP contribution in [0.3, 0.4) is 0 Å². The Kier molecular flexibility index (Phi) is 6.13. The molecule has 2 saturated heterocycles. The normalized spacial score (nSPS) is 28.7. The van der Waals surface area contributed by atoms with Crippen LogP contribution >= 0.6 is 0 Å². The summed E-state index contributed by atoms with van der Waals surface area (Å²) in [7, 11) is 2.20. The van der Waals surface area contributed by atoms with Crippen molar-refractivity contribution < 1.29 is 9.53 Å². The van der Waals surface area contributed by atoms with Gasteiger partial charge in [0.1, 0.15) is 5.60 Å². The van der Waals surface area contributed by atoms with Gasteiger partial charge in [-0.25, -0.2) is 4.79 Å². The quantitative estimate of drug-likeness (QED) is 0.686. The molecule has 0 bridgehead atoms. The van der Waals surface area contributed by atoms with E-state index < -0.39 is 0 Å². The van der Waals surface area contributed by atoms with Crippen molar-refractivity contribution >= 4 is 11.7 Å². The number of amides is 1. The lowest BCUT2D eigenvalue weighted by Gasteiger charge is -2.43. The number of carbonyl (C=O) groups is 1. The number of allylic oxidation sites excluding steroid dienone is 3. The molecule has 1 amide bonds. The smallest absolute Gasteiger partial charge is 0.410 e. The Morgan fingerprint density at radius 3 is 2.47 bits per heavy atom. The SMILES string of the molecule is CN1CCN(CC2(CN3CC4(CCCCC4)OC3=O)C=CC=C(c3ccccc3)C2)CC1. The number of hydrogen-bond acceptors (Lipinski definition) is 4. The van der Waals surface area contributed by atoms with Gasteiger partial charge >= 0.3 is 6.09 Å². The molecule has 1 aromatic carbocycles. The molecule has 4 aliphatic rings. The fourth-order valence-corrected chi connectivity index (χ4v) is 6.09. The fourth-order valence-electron chi connectivity index (χ4n) is 6.09. The molecule has 5 heteroatoms. The summed E-state index contributed by atoms with van der Waals surface area (Å²) >= 11 is 0. The third kappa shape index (κ3) is 4.65. The monoisotopic (exact) mass is 435 g/mol. The number of hydrogen-bond donors (Lipinski definition) is 0. The molecule has 0 aromatic heterocycles. The second kappa shape index (κ2) is 9.03. The topological polar surface area (TPSA) is 36.0 Å². The summed E-state index contributed by atoms with van der Waals surface area (Å²) in [6.45, 7) is 6.87. The number of nitrogens with zero attached hydrogens (tertiary/aromatic N) is 3. The van der Waals surface area contributed by atoms with E-state index in [0.29, 0.717) is 0 Å². The third-order valence-corrected chi connectivity index (χ3v) is 7.88. The van der Waals surface area contributed by atoms with Gasteiger partial charge in [0.25, 0.3) is 0 Å². The average Bonchev–Trinajstić information content (AvgIpc) is 3.10. The van der Waals surface area contributed by atoms with Gasteiger partial charge in [0.15, 0.2) is 0 Å². The maximum absolute atomic E-state index is 13.0. The van der Waals surface area contributed by atoms with Crippen LogP contribution < -0.4 is 0 Å². The average molecular weight is 436 g/mol. The summed E-state index contributed by atoms with van der Waals surface area (Å²) in [5.74, 6) is 0. The Labute approximate surface area is 192 Å². The van der Waals surface area contributed by atoms with Crippen LogP contribution in [0.25, 0.3) is 5.57 Å². The molecule has 0 N–H and O–H groups in total. The van der Waals surface area contributed by atoms with Gasteiger partial charge in [0, 0.05) is 44.7 Å². The highest BCUT2D eigenvalue weighted by Crippen LogP contribution is 2.42. The second-order valence-electron chi connectivity index (χ2n) is 10.5. The van der Waals surface area contributed by atoms with E-state index in [4.69, 9.17) is 4.74 Å². The van der Waals surface area contributed by atoms with Crippen molar-refractivity contribution in [1.29, 1.82) is 0 Å². The number of carbonyl (C=O) groups excluding carboxylic acids is 1. The van der Waals surface area contributed by atoms with Gasteiger partial charge in [-0.2, -0.15) is 0 Å². The van der Waals surface area contributed by atoms with Gasteiger partial charge in [-0.1, -0.05) is 55.0 Å². The van der Waals surface area contributed by atoms with Crippen LogP contribution in [0, 0.1) is 5.41 Å². The molecule has 1 saturated carbocycles. The van der Waals surface area contributed by atoms with Gasteiger partial charge in [-0.3, -0.25) is 4.90 Å². The van der Waals surface area contributed by atoms with Gasteiger partial charge < -0.3 is 14.5 Å². The summed E-state index contributed by atoms with van der Waals surface area (Å²) in [5.41, 5.74) is 2.32. The molecule has 3 fully saturated rings. The molecular weight excluding hydrogens is 398 g/mol. The molecule has 2 heterocycles. The zero-order chi connectivity index (χ0) is 22.0. The largest absolute Gasteiger partial charge is 0.441 e. The lowest BCUT2D eigenvalue weighted by atomic mass is 9.75. The third-order valence-electron chi connectivity index (χ3n) is 7.88. The first kappa shape index (κ1) is 21.7. The lowest BCUT2D eigenvalue weighted by Crippen LogP contribution is -2.51. The molecule has 5 nitrogen and oxygen atoms in total. The van der Waals surface area contributed by atoms with E-state index in [1.54, 1.807) is 0 Å². The van der Waals surface area contributed by atoms with E-state index >= 15 is 0 Å². The molecule has 0 radical (unpaired) electrons. The van der Waals surface area contributed by atoms with E-state index in [9.17, 15) is 4.79 Å². The summed E-state index contributed by atoms with van der Waals surface area (Å²) in [5, 5.41) is 0. The summed E-state index contributed by atoms with van der Waals surface area (Å²) in [4.78, 5) is 20.0. The van der Waals surface area contributed by atoms with Crippen molar-refractivity contribution in [3.63, 3.8) is 0 Å². The zero-order valence-electron chi connectivity index (χ0n) is 19.5. The van der Waals surface area contributed by atoms with E-state index in [1.807, 2.05) is 4.90 Å². The minimum absolute atomic E-state index is 0.0882. The molecule has 1 aromatic rings. The van der Waals surface area contributed by atoms with Crippen molar-refractivity contribution in [3.05, 3.63) is 54.1 Å². The minimum Gasteiger partial charge on any atom is -0.441 e. The number of ether oxygens (including phenoxy) is 1. The summed E-state index contributed by atoms with van der Waals surface area (Å²) in [6.07, 6.45) is 13.4. The maximum Gasteiger partial charge on any atom is 0.410 e. The summed E-state index contributed by atoms with van der Waals surface area (Å²) < 4.78 is 6.03. The Morgan fingerprint density at radius 2 is 1.72 bits per heavy atom. The summed E-state index contributed by atoms with van der Waals surface area (Å²) in [6, 6.07) is 10.7. The van der Waals surface area contributed by atoms with Gasteiger partial charge in [0.05, 0.1) is 6.54 Å². The van der Waals surface area contributed by atoms with Crippen LogP contribution in [0.5, 0.6) is 0 Å². The van der Waals surface area contributed by atoms with Crippen molar-refractivity contribution in [3.8, 4) is 0 Å². The number of likely N-dealkylation sites (N-methyl/N-ethyl adjacent to an activating group) is 1. The number of rotatable bonds is 5. The van der Waals surface area contributed by atoms with Crippen molar-refractivity contribution in [2.45, 2.75) is 44.1 Å². The molecule has 1 spiro atoms. The van der Waals surface area contributed by atoms with Crippen LogP contribution in [0.2, 0.25) is 0 Å². The lowest BCUT2D eigenvalue weighted by molar-refractivity contribution is 0.0259. The van der Waals surface area contributed by atoms with E-state index in [-0.39, 0.29) is 17.1 Å².